The second-order valence-electron chi connectivity index (χ2n) is 4.83. The number of hydrogen-bond donors (Lipinski definition) is 2. The van der Waals surface area contributed by atoms with Gasteiger partial charge in [0.2, 0.25) is 0 Å². The van der Waals surface area contributed by atoms with Gasteiger partial charge in [0.1, 0.15) is 5.65 Å². The summed E-state index contributed by atoms with van der Waals surface area (Å²) in [5.74, 6) is 0. The van der Waals surface area contributed by atoms with E-state index in [1.807, 2.05) is 18.2 Å². The van der Waals surface area contributed by atoms with Gasteiger partial charge in [0, 0.05) is 25.4 Å². The normalized spacial score (nSPS) is 11.1. The van der Waals surface area contributed by atoms with Crippen LogP contribution in [0.2, 0.25) is 0 Å². The molecule has 5 nitrogen and oxygen atoms in total. The van der Waals surface area contributed by atoms with Crippen LogP contribution in [0.5, 0.6) is 0 Å². The number of fused-ring (bicyclic) bond motifs is 1. The second-order valence-corrected chi connectivity index (χ2v) is 4.83. The molecular weight excluding hydrogens is 254 g/mol. The van der Waals surface area contributed by atoms with Gasteiger partial charge in [-0.25, -0.2) is 4.98 Å². The first-order valence-corrected chi connectivity index (χ1v) is 7.10. The Morgan fingerprint density at radius 2 is 2.05 bits per heavy atom. The van der Waals surface area contributed by atoms with Crippen LogP contribution in [0.15, 0.2) is 35.3 Å². The standard InChI is InChI=1S/C15H21N3O2/c19-10-6-2-1-4-8-16-12-13-11-15(20)18-9-5-3-7-14(18)17-13/h3,5,7,9,11,16,19H,1-2,4,6,8,10,12H2. The molecule has 108 valence electrons. The van der Waals surface area contributed by atoms with Crippen LogP contribution >= 0.6 is 0 Å². The number of nitrogens with one attached hydrogen (secondary N) is 1. The number of unbranched alkanes of at least 4 members (excludes halogenated alkanes) is 3. The quantitative estimate of drug-likeness (QED) is 0.713. The first-order valence-electron chi connectivity index (χ1n) is 7.10. The molecule has 2 N–H and O–H groups in total. The van der Waals surface area contributed by atoms with Gasteiger partial charge in [0.25, 0.3) is 5.56 Å². The molecule has 0 atom stereocenters. The first kappa shape index (κ1) is 14.7. The van der Waals surface area contributed by atoms with Gasteiger partial charge in [0.05, 0.1) is 5.69 Å². The Bertz CT molecular complexity index is 595. The van der Waals surface area contributed by atoms with E-state index in [-0.39, 0.29) is 12.2 Å². The Hall–Kier alpha value is -1.72. The molecule has 2 rings (SSSR count). The molecule has 2 aromatic rings. The fourth-order valence-corrected chi connectivity index (χ4v) is 2.13. The minimum Gasteiger partial charge on any atom is -0.396 e. The molecular formula is C15H21N3O2. The molecule has 0 spiro atoms. The number of hydrogen-bond acceptors (Lipinski definition) is 4. The van der Waals surface area contributed by atoms with Crippen molar-refractivity contribution >= 4 is 5.65 Å². The molecule has 0 saturated heterocycles. The Morgan fingerprint density at radius 3 is 2.90 bits per heavy atom. The van der Waals surface area contributed by atoms with Gasteiger partial charge in [-0.3, -0.25) is 9.20 Å². The van der Waals surface area contributed by atoms with Crippen LogP contribution in [-0.4, -0.2) is 27.6 Å². The molecule has 0 amide bonds. The summed E-state index contributed by atoms with van der Waals surface area (Å²) in [4.78, 5) is 16.3. The van der Waals surface area contributed by atoms with Crippen molar-refractivity contribution in [1.29, 1.82) is 0 Å². The zero-order valence-electron chi connectivity index (χ0n) is 11.6. The van der Waals surface area contributed by atoms with Crippen LogP contribution < -0.4 is 10.9 Å². The van der Waals surface area contributed by atoms with Crippen LogP contribution in [0, 0.1) is 0 Å². The molecule has 0 aliphatic carbocycles. The molecule has 0 aliphatic rings. The highest BCUT2D eigenvalue weighted by Gasteiger charge is 2.01. The van der Waals surface area contributed by atoms with Gasteiger partial charge in [-0.15, -0.1) is 0 Å². The molecule has 0 aliphatic heterocycles. The van der Waals surface area contributed by atoms with Crippen molar-refractivity contribution in [3.63, 3.8) is 0 Å². The summed E-state index contributed by atoms with van der Waals surface area (Å²) >= 11 is 0. The summed E-state index contributed by atoms with van der Waals surface area (Å²) in [5, 5.41) is 12.0. The van der Waals surface area contributed by atoms with Crippen LogP contribution in [0.4, 0.5) is 0 Å². The SMILES string of the molecule is O=c1cc(CNCCCCCCO)nc2ccccn12. The van der Waals surface area contributed by atoms with Crippen molar-refractivity contribution in [2.24, 2.45) is 0 Å². The van der Waals surface area contributed by atoms with Gasteiger partial charge < -0.3 is 10.4 Å². The molecule has 0 aromatic carbocycles. The number of aromatic nitrogens is 2. The van der Waals surface area contributed by atoms with Crippen LogP contribution in [0.25, 0.3) is 5.65 Å². The van der Waals surface area contributed by atoms with E-state index < -0.39 is 0 Å². The molecule has 0 unspecified atom stereocenters. The fourth-order valence-electron chi connectivity index (χ4n) is 2.13. The largest absolute Gasteiger partial charge is 0.396 e. The summed E-state index contributed by atoms with van der Waals surface area (Å²) in [5.41, 5.74) is 1.41. The molecule has 0 saturated carbocycles. The van der Waals surface area contributed by atoms with Crippen molar-refractivity contribution < 1.29 is 5.11 Å². The van der Waals surface area contributed by atoms with E-state index in [2.05, 4.69) is 10.3 Å². The molecule has 2 aromatic heterocycles. The van der Waals surface area contributed by atoms with Gasteiger partial charge in [-0.05, 0) is 31.5 Å². The molecule has 0 radical (unpaired) electrons. The van der Waals surface area contributed by atoms with E-state index in [1.165, 1.54) is 0 Å². The van der Waals surface area contributed by atoms with E-state index in [0.717, 1.165) is 37.9 Å². The Balaban J connectivity index is 1.83. The summed E-state index contributed by atoms with van der Waals surface area (Å²) in [6.07, 6.45) is 5.85. The van der Waals surface area contributed by atoms with Gasteiger partial charge in [0.15, 0.2) is 0 Å². The topological polar surface area (TPSA) is 66.6 Å². The minimum absolute atomic E-state index is 0.0460. The molecule has 20 heavy (non-hydrogen) atoms. The highest BCUT2D eigenvalue weighted by atomic mass is 16.2. The lowest BCUT2D eigenvalue weighted by atomic mass is 10.2. The maximum atomic E-state index is 11.9. The number of aliphatic hydroxyl groups is 1. The Morgan fingerprint density at radius 1 is 1.20 bits per heavy atom. The van der Waals surface area contributed by atoms with Gasteiger partial charge in [-0.1, -0.05) is 18.9 Å². The average Bonchev–Trinajstić information content (AvgIpc) is 2.46. The molecule has 0 bridgehead atoms. The van der Waals surface area contributed by atoms with Gasteiger partial charge in [-0.2, -0.15) is 0 Å². The van der Waals surface area contributed by atoms with Crippen molar-refractivity contribution in [2.75, 3.05) is 13.2 Å². The lowest BCUT2D eigenvalue weighted by Crippen LogP contribution is -2.20. The maximum absolute atomic E-state index is 11.9. The highest BCUT2D eigenvalue weighted by molar-refractivity contribution is 5.37. The van der Waals surface area contributed by atoms with Gasteiger partial charge >= 0.3 is 0 Å². The number of nitrogens with zero attached hydrogens (tertiary/aromatic N) is 2. The third kappa shape index (κ3) is 4.15. The third-order valence-corrected chi connectivity index (χ3v) is 3.19. The molecule has 2 heterocycles. The summed E-state index contributed by atoms with van der Waals surface area (Å²) in [7, 11) is 0. The zero-order chi connectivity index (χ0) is 14.2. The van der Waals surface area contributed by atoms with Crippen LogP contribution in [0.1, 0.15) is 31.4 Å². The summed E-state index contributed by atoms with van der Waals surface area (Å²) in [6.45, 7) is 1.79. The Labute approximate surface area is 118 Å². The predicted octanol–water partition coefficient (Wildman–Crippen LogP) is 1.34. The van der Waals surface area contributed by atoms with E-state index >= 15 is 0 Å². The second kappa shape index (κ2) is 7.77. The number of rotatable bonds is 8. The third-order valence-electron chi connectivity index (χ3n) is 3.19. The molecule has 5 heteroatoms. The molecule has 0 fully saturated rings. The fraction of sp³-hybridized carbons (Fsp3) is 0.467. The zero-order valence-corrected chi connectivity index (χ0v) is 11.6. The lowest BCUT2D eigenvalue weighted by molar-refractivity contribution is 0.282. The van der Waals surface area contributed by atoms with E-state index in [1.54, 1.807) is 16.7 Å². The monoisotopic (exact) mass is 275 g/mol. The summed E-state index contributed by atoms with van der Waals surface area (Å²) < 4.78 is 1.54. The summed E-state index contributed by atoms with van der Waals surface area (Å²) in [6, 6.07) is 7.10. The smallest absolute Gasteiger partial charge is 0.258 e. The van der Waals surface area contributed by atoms with E-state index in [9.17, 15) is 4.79 Å². The van der Waals surface area contributed by atoms with E-state index in [4.69, 9.17) is 5.11 Å². The van der Waals surface area contributed by atoms with Crippen molar-refractivity contribution in [2.45, 2.75) is 32.2 Å². The average molecular weight is 275 g/mol. The number of pyridine rings is 1. The van der Waals surface area contributed by atoms with E-state index in [0.29, 0.717) is 12.2 Å². The lowest BCUT2D eigenvalue weighted by Gasteiger charge is -2.06. The predicted molar refractivity (Wildman–Crippen MR) is 78.7 cm³/mol. The van der Waals surface area contributed by atoms with Crippen LogP contribution in [-0.2, 0) is 6.54 Å². The van der Waals surface area contributed by atoms with Crippen molar-refractivity contribution in [3.8, 4) is 0 Å². The number of aliphatic hydroxyl groups excluding tert-OH is 1. The maximum Gasteiger partial charge on any atom is 0.258 e. The highest BCUT2D eigenvalue weighted by Crippen LogP contribution is 2.00. The van der Waals surface area contributed by atoms with Crippen molar-refractivity contribution in [3.05, 3.63) is 46.5 Å². The minimum atomic E-state index is -0.0460. The Kier molecular flexibility index (Phi) is 5.70. The first-order chi connectivity index (χ1) is 9.81. The van der Waals surface area contributed by atoms with Crippen molar-refractivity contribution in [1.82, 2.24) is 14.7 Å². The van der Waals surface area contributed by atoms with Crippen LogP contribution in [0.3, 0.4) is 0 Å².